The van der Waals surface area contributed by atoms with E-state index in [2.05, 4.69) is 13.8 Å². The van der Waals surface area contributed by atoms with Crippen molar-refractivity contribution in [1.29, 1.82) is 0 Å². The topological polar surface area (TPSA) is 46.5 Å². The molecule has 3 rings (SSSR count). The van der Waals surface area contributed by atoms with Gasteiger partial charge in [0, 0.05) is 0 Å². The second kappa shape index (κ2) is 7.30. The van der Waals surface area contributed by atoms with E-state index in [1.807, 2.05) is 36.4 Å². The Morgan fingerprint density at radius 2 is 1.84 bits per heavy atom. The highest BCUT2D eigenvalue weighted by Gasteiger charge is 2.40. The molecule has 2 aromatic carbocycles. The van der Waals surface area contributed by atoms with Crippen molar-refractivity contribution in [3.8, 4) is 5.75 Å². The average Bonchev–Trinajstić information content (AvgIpc) is 3.11. The van der Waals surface area contributed by atoms with Crippen LogP contribution in [0.25, 0.3) is 0 Å². The van der Waals surface area contributed by atoms with Crippen LogP contribution in [0.2, 0.25) is 0 Å². The van der Waals surface area contributed by atoms with Gasteiger partial charge < -0.3 is 9.84 Å². The highest BCUT2D eigenvalue weighted by molar-refractivity contribution is 5.93. The van der Waals surface area contributed by atoms with Crippen LogP contribution in [0, 0.1) is 0 Å². The summed E-state index contributed by atoms with van der Waals surface area (Å²) in [5.41, 5.74) is 1.78. The van der Waals surface area contributed by atoms with Gasteiger partial charge in [-0.05, 0) is 61.3 Å². The van der Waals surface area contributed by atoms with E-state index in [0.717, 1.165) is 43.2 Å². The molecule has 1 unspecified atom stereocenters. The van der Waals surface area contributed by atoms with Crippen molar-refractivity contribution in [2.75, 3.05) is 0 Å². The van der Waals surface area contributed by atoms with Gasteiger partial charge in [-0.1, -0.05) is 50.2 Å². The molecule has 0 aliphatic heterocycles. The van der Waals surface area contributed by atoms with Gasteiger partial charge in [0.1, 0.15) is 16.9 Å². The molecule has 0 radical (unpaired) electrons. The summed E-state index contributed by atoms with van der Waals surface area (Å²) >= 11 is 0. The second-order valence-corrected chi connectivity index (χ2v) is 7.04. The Hall–Kier alpha value is -2.29. The molecule has 25 heavy (non-hydrogen) atoms. The van der Waals surface area contributed by atoms with Gasteiger partial charge in [-0.15, -0.1) is 0 Å². The molecule has 2 aromatic rings. The number of phenolic OH excluding ortho intramolecular Hbond substituents is 1. The molecule has 0 saturated heterocycles. The van der Waals surface area contributed by atoms with Crippen LogP contribution in [-0.4, -0.2) is 11.1 Å². The van der Waals surface area contributed by atoms with Gasteiger partial charge in [-0.3, -0.25) is 0 Å². The summed E-state index contributed by atoms with van der Waals surface area (Å²) in [7, 11) is 0. The fraction of sp³-hybridized carbons (Fsp3) is 0.409. The summed E-state index contributed by atoms with van der Waals surface area (Å²) in [4.78, 5) is 12.9. The Labute approximate surface area is 149 Å². The molecule has 0 amide bonds. The summed E-state index contributed by atoms with van der Waals surface area (Å²) in [6, 6.07) is 15.2. The van der Waals surface area contributed by atoms with Gasteiger partial charge in [0.25, 0.3) is 0 Å². The smallest absolute Gasteiger partial charge is 0.342 e. The van der Waals surface area contributed by atoms with E-state index in [9.17, 15) is 9.90 Å². The number of esters is 1. The highest BCUT2D eigenvalue weighted by atomic mass is 16.6. The lowest BCUT2D eigenvalue weighted by Crippen LogP contribution is -2.29. The first kappa shape index (κ1) is 17.5. The summed E-state index contributed by atoms with van der Waals surface area (Å²) in [5, 5.41) is 10.2. The molecule has 1 atom stereocenters. The first-order chi connectivity index (χ1) is 12.1. The number of hydrogen-bond donors (Lipinski definition) is 1. The Balaban J connectivity index is 1.90. The number of carbonyl (C=O) groups is 1. The molecule has 132 valence electrons. The van der Waals surface area contributed by atoms with Crippen molar-refractivity contribution < 1.29 is 14.6 Å². The van der Waals surface area contributed by atoms with E-state index in [4.69, 9.17) is 4.74 Å². The van der Waals surface area contributed by atoms with Crippen LogP contribution >= 0.6 is 0 Å². The number of rotatable bonds is 5. The van der Waals surface area contributed by atoms with Gasteiger partial charge in [-0.2, -0.15) is 0 Å². The molecule has 0 heterocycles. The Kier molecular flexibility index (Phi) is 5.12. The molecule has 0 bridgehead atoms. The van der Waals surface area contributed by atoms with Crippen LogP contribution in [-0.2, 0) is 10.3 Å². The van der Waals surface area contributed by atoms with Crippen LogP contribution in [0.3, 0.4) is 0 Å². The average molecular weight is 338 g/mol. The van der Waals surface area contributed by atoms with Crippen molar-refractivity contribution in [2.45, 2.75) is 57.5 Å². The zero-order chi connectivity index (χ0) is 17.9. The van der Waals surface area contributed by atoms with E-state index in [1.54, 1.807) is 12.1 Å². The van der Waals surface area contributed by atoms with E-state index in [-0.39, 0.29) is 11.3 Å². The predicted octanol–water partition coefficient (Wildman–Crippen LogP) is 5.53. The van der Waals surface area contributed by atoms with Crippen LogP contribution < -0.4 is 0 Å². The SMILES string of the molecule is CCC(C)c1ccc(O)c(C(=O)OC2(c3ccccc3)CCCC2)c1. The minimum Gasteiger partial charge on any atom is -0.507 e. The monoisotopic (exact) mass is 338 g/mol. The second-order valence-electron chi connectivity index (χ2n) is 7.04. The molecule has 3 heteroatoms. The predicted molar refractivity (Wildman–Crippen MR) is 98.8 cm³/mol. The lowest BCUT2D eigenvalue weighted by Gasteiger charge is -2.30. The van der Waals surface area contributed by atoms with Crippen LogP contribution in [0.15, 0.2) is 48.5 Å². The fourth-order valence-corrected chi connectivity index (χ4v) is 3.63. The number of phenols is 1. The highest BCUT2D eigenvalue weighted by Crippen LogP contribution is 2.43. The standard InChI is InChI=1S/C22H26O3/c1-3-16(2)17-11-12-20(23)19(15-17)21(24)25-22(13-7-8-14-22)18-9-5-4-6-10-18/h4-6,9-12,15-16,23H,3,7-8,13-14H2,1-2H3. The van der Waals surface area contributed by atoms with Gasteiger partial charge in [0.2, 0.25) is 0 Å². The Morgan fingerprint density at radius 3 is 2.48 bits per heavy atom. The molecule has 0 aromatic heterocycles. The zero-order valence-corrected chi connectivity index (χ0v) is 15.0. The molecule has 1 fully saturated rings. The molecule has 1 N–H and O–H groups in total. The maximum atomic E-state index is 12.9. The number of hydrogen-bond acceptors (Lipinski definition) is 3. The van der Waals surface area contributed by atoms with Gasteiger partial charge in [0.05, 0.1) is 0 Å². The summed E-state index contributed by atoms with van der Waals surface area (Å²) < 4.78 is 6.02. The molecule has 3 nitrogen and oxygen atoms in total. The van der Waals surface area contributed by atoms with Gasteiger partial charge >= 0.3 is 5.97 Å². The minimum absolute atomic E-state index is 0.0155. The third-order valence-corrected chi connectivity index (χ3v) is 5.42. The summed E-state index contributed by atoms with van der Waals surface area (Å²) in [6.07, 6.45) is 4.72. The van der Waals surface area contributed by atoms with Crippen molar-refractivity contribution >= 4 is 5.97 Å². The van der Waals surface area contributed by atoms with E-state index >= 15 is 0 Å². The van der Waals surface area contributed by atoms with E-state index in [0.29, 0.717) is 5.92 Å². The van der Waals surface area contributed by atoms with Crippen molar-refractivity contribution in [2.24, 2.45) is 0 Å². The fourth-order valence-electron chi connectivity index (χ4n) is 3.63. The number of benzene rings is 2. The lowest BCUT2D eigenvalue weighted by atomic mass is 9.91. The number of aromatic hydroxyl groups is 1. The third kappa shape index (κ3) is 3.55. The van der Waals surface area contributed by atoms with Crippen molar-refractivity contribution in [3.63, 3.8) is 0 Å². The Morgan fingerprint density at radius 1 is 1.16 bits per heavy atom. The lowest BCUT2D eigenvalue weighted by molar-refractivity contribution is -0.0186. The van der Waals surface area contributed by atoms with Crippen LogP contribution in [0.1, 0.15) is 73.4 Å². The minimum atomic E-state index is -0.572. The maximum absolute atomic E-state index is 12.9. The molecular formula is C22H26O3. The van der Waals surface area contributed by atoms with Crippen LogP contribution in [0.4, 0.5) is 0 Å². The van der Waals surface area contributed by atoms with Crippen LogP contribution in [0.5, 0.6) is 5.75 Å². The van der Waals surface area contributed by atoms with E-state index in [1.165, 1.54) is 0 Å². The van der Waals surface area contributed by atoms with Gasteiger partial charge in [0.15, 0.2) is 0 Å². The molecule has 1 aliphatic rings. The van der Waals surface area contributed by atoms with Gasteiger partial charge in [-0.25, -0.2) is 4.79 Å². The van der Waals surface area contributed by atoms with Crippen molar-refractivity contribution in [3.05, 3.63) is 65.2 Å². The molecular weight excluding hydrogens is 312 g/mol. The zero-order valence-electron chi connectivity index (χ0n) is 15.0. The molecule has 1 saturated carbocycles. The number of carbonyl (C=O) groups excluding carboxylic acids is 1. The molecule has 0 spiro atoms. The summed E-state index contributed by atoms with van der Waals surface area (Å²) in [5.74, 6) is -0.117. The van der Waals surface area contributed by atoms with E-state index < -0.39 is 11.6 Å². The first-order valence-corrected chi connectivity index (χ1v) is 9.17. The largest absolute Gasteiger partial charge is 0.507 e. The Bertz CT molecular complexity index is 730. The number of ether oxygens (including phenoxy) is 1. The molecule has 1 aliphatic carbocycles. The first-order valence-electron chi connectivity index (χ1n) is 9.17. The quantitative estimate of drug-likeness (QED) is 0.729. The third-order valence-electron chi connectivity index (χ3n) is 5.42. The maximum Gasteiger partial charge on any atom is 0.342 e. The van der Waals surface area contributed by atoms with Crippen molar-refractivity contribution in [1.82, 2.24) is 0 Å². The normalized spacial score (nSPS) is 17.2. The summed E-state index contributed by atoms with van der Waals surface area (Å²) in [6.45, 7) is 4.22.